The van der Waals surface area contributed by atoms with Gasteiger partial charge in [0.05, 0.1) is 7.11 Å². The quantitative estimate of drug-likeness (QED) is 0.779. The number of aromatic nitrogens is 2. The molecule has 0 saturated heterocycles. The van der Waals surface area contributed by atoms with Crippen molar-refractivity contribution in [2.24, 2.45) is 0 Å². The van der Waals surface area contributed by atoms with Crippen LogP contribution >= 0.6 is 0 Å². The fourth-order valence-electron chi connectivity index (χ4n) is 2.69. The molecule has 0 saturated carbocycles. The van der Waals surface area contributed by atoms with Crippen LogP contribution in [0, 0.1) is 13.8 Å². The summed E-state index contributed by atoms with van der Waals surface area (Å²) in [6, 6.07) is 7.87. The average molecular weight is 305 g/mol. The molecule has 1 aromatic carbocycles. The summed E-state index contributed by atoms with van der Waals surface area (Å²) >= 11 is 0. The number of rotatable bonds is 4. The lowest BCUT2D eigenvalue weighted by Crippen LogP contribution is -2.03. The van der Waals surface area contributed by atoms with Gasteiger partial charge in [0.1, 0.15) is 11.3 Å². The van der Waals surface area contributed by atoms with Crippen molar-refractivity contribution in [1.29, 1.82) is 0 Å². The molecule has 0 bridgehead atoms. The Morgan fingerprint density at radius 1 is 1.13 bits per heavy atom. The Balaban J connectivity index is 2.05. The molecule has 2 aromatic heterocycles. The lowest BCUT2D eigenvalue weighted by atomic mass is 10.0. The Bertz CT molecular complexity index is 867. The summed E-state index contributed by atoms with van der Waals surface area (Å²) < 4.78 is 5.40. The molecular weight excluding hydrogens is 286 g/mol. The number of pyridine rings is 2. The third-order valence-electron chi connectivity index (χ3n) is 3.88. The number of aryl methyl sites for hydroxylation is 2. The summed E-state index contributed by atoms with van der Waals surface area (Å²) in [5, 5.41) is 4.43. The summed E-state index contributed by atoms with van der Waals surface area (Å²) in [4.78, 5) is 8.63. The van der Waals surface area contributed by atoms with Gasteiger partial charge in [0.15, 0.2) is 0 Å². The standard InChI is InChI=1S/C19H19N3O/c1-12-10-20-11-13(2)18(12)22-14(3)15-7-8-17(23-4)19-16(15)6-5-9-21-19/h5-11H,3H2,1-2,4H3,(H,20,22). The van der Waals surface area contributed by atoms with E-state index in [1.807, 2.05) is 50.5 Å². The molecule has 0 fully saturated rings. The van der Waals surface area contributed by atoms with Crippen LogP contribution in [0.1, 0.15) is 16.7 Å². The van der Waals surface area contributed by atoms with Crippen LogP contribution in [0.3, 0.4) is 0 Å². The van der Waals surface area contributed by atoms with E-state index in [1.54, 1.807) is 13.3 Å². The van der Waals surface area contributed by atoms with Crippen LogP contribution in [0.2, 0.25) is 0 Å². The molecule has 0 aliphatic heterocycles. The van der Waals surface area contributed by atoms with Crippen LogP contribution in [0.25, 0.3) is 16.6 Å². The number of nitrogens with one attached hydrogen (secondary N) is 1. The van der Waals surface area contributed by atoms with Crippen molar-refractivity contribution in [2.45, 2.75) is 13.8 Å². The zero-order valence-electron chi connectivity index (χ0n) is 13.6. The van der Waals surface area contributed by atoms with E-state index in [0.29, 0.717) is 0 Å². The Labute approximate surface area is 135 Å². The average Bonchev–Trinajstić information content (AvgIpc) is 2.57. The summed E-state index contributed by atoms with van der Waals surface area (Å²) in [5.74, 6) is 0.758. The highest BCUT2D eigenvalue weighted by molar-refractivity contribution is 5.97. The van der Waals surface area contributed by atoms with Gasteiger partial charge in [-0.15, -0.1) is 0 Å². The van der Waals surface area contributed by atoms with E-state index in [-0.39, 0.29) is 0 Å². The highest BCUT2D eigenvalue weighted by atomic mass is 16.5. The summed E-state index contributed by atoms with van der Waals surface area (Å²) in [6.45, 7) is 8.27. The smallest absolute Gasteiger partial charge is 0.145 e. The molecule has 4 nitrogen and oxygen atoms in total. The Morgan fingerprint density at radius 2 is 1.87 bits per heavy atom. The van der Waals surface area contributed by atoms with Crippen LogP contribution in [0.4, 0.5) is 5.69 Å². The van der Waals surface area contributed by atoms with Crippen molar-refractivity contribution in [3.63, 3.8) is 0 Å². The molecule has 0 spiro atoms. The molecule has 116 valence electrons. The number of hydrogen-bond acceptors (Lipinski definition) is 4. The molecule has 4 heteroatoms. The first-order valence-corrected chi connectivity index (χ1v) is 7.41. The minimum atomic E-state index is 0.758. The number of hydrogen-bond donors (Lipinski definition) is 1. The lowest BCUT2D eigenvalue weighted by Gasteiger charge is -2.16. The van der Waals surface area contributed by atoms with E-state index in [2.05, 4.69) is 21.9 Å². The fraction of sp³-hybridized carbons (Fsp3) is 0.158. The van der Waals surface area contributed by atoms with E-state index in [0.717, 1.165) is 44.7 Å². The van der Waals surface area contributed by atoms with Crippen molar-refractivity contribution >= 4 is 22.3 Å². The molecule has 0 atom stereocenters. The van der Waals surface area contributed by atoms with Crippen molar-refractivity contribution < 1.29 is 4.74 Å². The third-order valence-corrected chi connectivity index (χ3v) is 3.88. The highest BCUT2D eigenvalue weighted by Gasteiger charge is 2.11. The van der Waals surface area contributed by atoms with Crippen LogP contribution < -0.4 is 10.1 Å². The zero-order chi connectivity index (χ0) is 16.4. The molecular formula is C19H19N3O. The first-order valence-electron chi connectivity index (χ1n) is 7.41. The lowest BCUT2D eigenvalue weighted by molar-refractivity contribution is 0.419. The topological polar surface area (TPSA) is 47.0 Å². The predicted molar refractivity (Wildman–Crippen MR) is 94.7 cm³/mol. The zero-order valence-corrected chi connectivity index (χ0v) is 13.6. The van der Waals surface area contributed by atoms with E-state index < -0.39 is 0 Å². The number of benzene rings is 1. The highest BCUT2D eigenvalue weighted by Crippen LogP contribution is 2.31. The molecule has 1 N–H and O–H groups in total. The van der Waals surface area contributed by atoms with Crippen molar-refractivity contribution in [3.05, 3.63) is 66.1 Å². The van der Waals surface area contributed by atoms with E-state index in [4.69, 9.17) is 4.74 Å². The second-order valence-electron chi connectivity index (χ2n) is 5.47. The van der Waals surface area contributed by atoms with Gasteiger partial charge in [0, 0.05) is 40.9 Å². The minimum absolute atomic E-state index is 0.758. The molecule has 2 heterocycles. The van der Waals surface area contributed by atoms with Crippen LogP contribution in [-0.4, -0.2) is 17.1 Å². The first kappa shape index (κ1) is 15.0. The van der Waals surface area contributed by atoms with Gasteiger partial charge in [-0.1, -0.05) is 12.6 Å². The van der Waals surface area contributed by atoms with Gasteiger partial charge in [-0.05, 0) is 43.2 Å². The maximum absolute atomic E-state index is 5.40. The molecule has 0 amide bonds. The van der Waals surface area contributed by atoms with E-state index in [9.17, 15) is 0 Å². The van der Waals surface area contributed by atoms with Crippen molar-refractivity contribution in [2.75, 3.05) is 12.4 Å². The summed E-state index contributed by atoms with van der Waals surface area (Å²) in [7, 11) is 1.65. The van der Waals surface area contributed by atoms with E-state index >= 15 is 0 Å². The summed E-state index contributed by atoms with van der Waals surface area (Å²) in [6.07, 6.45) is 5.45. The van der Waals surface area contributed by atoms with Crippen molar-refractivity contribution in [3.8, 4) is 5.75 Å². The maximum Gasteiger partial charge on any atom is 0.145 e. The molecule has 0 radical (unpaired) electrons. The van der Waals surface area contributed by atoms with Gasteiger partial charge >= 0.3 is 0 Å². The largest absolute Gasteiger partial charge is 0.494 e. The predicted octanol–water partition coefficient (Wildman–Crippen LogP) is 4.34. The van der Waals surface area contributed by atoms with Crippen LogP contribution in [-0.2, 0) is 0 Å². The molecule has 23 heavy (non-hydrogen) atoms. The number of fused-ring (bicyclic) bond motifs is 1. The minimum Gasteiger partial charge on any atom is -0.494 e. The number of nitrogens with zero attached hydrogens (tertiary/aromatic N) is 2. The van der Waals surface area contributed by atoms with Crippen LogP contribution in [0.5, 0.6) is 5.75 Å². The SMILES string of the molecule is C=C(Nc1c(C)cncc1C)c1ccc(OC)c2ncccc12. The maximum atomic E-state index is 5.40. The Morgan fingerprint density at radius 3 is 2.57 bits per heavy atom. The Hall–Kier alpha value is -2.88. The van der Waals surface area contributed by atoms with Gasteiger partial charge in [-0.25, -0.2) is 0 Å². The molecule has 0 unspecified atom stereocenters. The van der Waals surface area contributed by atoms with Gasteiger partial charge in [0.2, 0.25) is 0 Å². The molecule has 3 rings (SSSR count). The second kappa shape index (κ2) is 6.08. The van der Waals surface area contributed by atoms with Crippen molar-refractivity contribution in [1.82, 2.24) is 9.97 Å². The van der Waals surface area contributed by atoms with Gasteiger partial charge in [-0.2, -0.15) is 0 Å². The molecule has 0 aliphatic rings. The first-order chi connectivity index (χ1) is 11.1. The monoisotopic (exact) mass is 305 g/mol. The number of anilines is 1. The molecule has 0 aliphatic carbocycles. The number of methoxy groups -OCH3 is 1. The fourth-order valence-corrected chi connectivity index (χ4v) is 2.69. The van der Waals surface area contributed by atoms with Gasteiger partial charge in [-0.3, -0.25) is 9.97 Å². The normalized spacial score (nSPS) is 10.6. The second-order valence-corrected chi connectivity index (χ2v) is 5.47. The van der Waals surface area contributed by atoms with E-state index in [1.165, 1.54) is 0 Å². The Kier molecular flexibility index (Phi) is 3.98. The summed E-state index contributed by atoms with van der Waals surface area (Å²) in [5.41, 5.74) is 5.87. The third kappa shape index (κ3) is 2.75. The number of ether oxygens (including phenoxy) is 1. The van der Waals surface area contributed by atoms with Gasteiger partial charge in [0.25, 0.3) is 0 Å². The van der Waals surface area contributed by atoms with Gasteiger partial charge < -0.3 is 10.1 Å². The van der Waals surface area contributed by atoms with Crippen LogP contribution in [0.15, 0.2) is 49.4 Å². The molecule has 3 aromatic rings.